The summed E-state index contributed by atoms with van der Waals surface area (Å²) in [5.41, 5.74) is 0. The monoisotopic (exact) mass is 316 g/mol. The number of carbonyl (C=O) groups is 1. The van der Waals surface area contributed by atoms with Crippen molar-refractivity contribution in [3.05, 3.63) is 0 Å². The first-order valence-corrected chi connectivity index (χ1v) is 9.00. The van der Waals surface area contributed by atoms with Gasteiger partial charge in [0.05, 0.1) is 24.7 Å². The number of ether oxygens (including phenoxy) is 1. The lowest BCUT2D eigenvalue weighted by Gasteiger charge is -2.19. The van der Waals surface area contributed by atoms with E-state index < -0.39 is 6.10 Å². The van der Waals surface area contributed by atoms with Gasteiger partial charge in [-0.05, 0) is 26.7 Å². The van der Waals surface area contributed by atoms with E-state index in [1.165, 1.54) is 38.5 Å². The first-order valence-electron chi connectivity index (χ1n) is 9.00. The third-order valence-corrected chi connectivity index (χ3v) is 3.86. The number of hydrogen-bond acceptors (Lipinski definition) is 4. The molecule has 0 spiro atoms. The van der Waals surface area contributed by atoms with E-state index in [0.29, 0.717) is 6.42 Å². The van der Waals surface area contributed by atoms with E-state index in [9.17, 15) is 9.90 Å². The molecule has 0 rings (SSSR count). The number of esters is 1. The Balaban J connectivity index is 3.95. The highest BCUT2D eigenvalue weighted by atomic mass is 16.5. The van der Waals surface area contributed by atoms with Gasteiger partial charge in [-0.2, -0.15) is 0 Å². The van der Waals surface area contributed by atoms with E-state index >= 15 is 0 Å². The molecule has 2 unspecified atom stereocenters. The highest BCUT2D eigenvalue weighted by Gasteiger charge is 2.23. The van der Waals surface area contributed by atoms with Crippen LogP contribution in [0.25, 0.3) is 0 Å². The van der Waals surface area contributed by atoms with Crippen LogP contribution in [0.5, 0.6) is 0 Å². The fourth-order valence-electron chi connectivity index (χ4n) is 2.59. The molecule has 0 heterocycles. The van der Waals surface area contributed by atoms with Crippen molar-refractivity contribution in [2.75, 3.05) is 6.61 Å². The molecule has 132 valence electrons. The molecule has 0 amide bonds. The molecule has 0 saturated carbocycles. The smallest absolute Gasteiger partial charge is 0.309 e. The highest BCUT2D eigenvalue weighted by molar-refractivity contribution is 5.72. The lowest BCUT2D eigenvalue weighted by atomic mass is 9.94. The van der Waals surface area contributed by atoms with Gasteiger partial charge < -0.3 is 14.9 Å². The van der Waals surface area contributed by atoms with Gasteiger partial charge in [0.1, 0.15) is 0 Å². The summed E-state index contributed by atoms with van der Waals surface area (Å²) in [6, 6.07) is 0. The van der Waals surface area contributed by atoms with Crippen molar-refractivity contribution in [3.63, 3.8) is 0 Å². The van der Waals surface area contributed by atoms with Gasteiger partial charge in [-0.25, -0.2) is 0 Å². The summed E-state index contributed by atoms with van der Waals surface area (Å²) < 4.78 is 5.25. The molecule has 0 aromatic rings. The van der Waals surface area contributed by atoms with E-state index in [1.54, 1.807) is 0 Å². The van der Waals surface area contributed by atoms with Crippen molar-refractivity contribution in [2.24, 2.45) is 5.92 Å². The highest BCUT2D eigenvalue weighted by Crippen LogP contribution is 2.19. The Labute approximate surface area is 136 Å². The van der Waals surface area contributed by atoms with Crippen LogP contribution in [-0.2, 0) is 9.53 Å². The van der Waals surface area contributed by atoms with E-state index in [0.717, 1.165) is 19.3 Å². The van der Waals surface area contributed by atoms with Crippen LogP contribution in [0.3, 0.4) is 0 Å². The van der Waals surface area contributed by atoms with Gasteiger partial charge in [0.2, 0.25) is 0 Å². The predicted octanol–water partition coefficient (Wildman–Crippen LogP) is 3.83. The zero-order valence-corrected chi connectivity index (χ0v) is 14.7. The predicted molar refractivity (Wildman–Crippen MR) is 89.7 cm³/mol. The van der Waals surface area contributed by atoms with Crippen molar-refractivity contribution >= 4 is 5.97 Å². The first-order chi connectivity index (χ1) is 10.5. The van der Waals surface area contributed by atoms with Crippen molar-refractivity contribution in [1.29, 1.82) is 0 Å². The Bertz CT molecular complexity index is 266. The molecule has 2 N–H and O–H groups in total. The minimum absolute atomic E-state index is 0.139. The second kappa shape index (κ2) is 14.0. The van der Waals surface area contributed by atoms with Crippen LogP contribution in [0, 0.1) is 5.92 Å². The van der Waals surface area contributed by atoms with Crippen LogP contribution in [0.15, 0.2) is 0 Å². The normalized spacial score (nSPS) is 14.1. The fourth-order valence-corrected chi connectivity index (χ4v) is 2.59. The molecule has 4 heteroatoms. The van der Waals surface area contributed by atoms with Crippen LogP contribution in [0.4, 0.5) is 0 Å². The molecule has 0 bridgehead atoms. The van der Waals surface area contributed by atoms with Crippen molar-refractivity contribution in [3.8, 4) is 0 Å². The summed E-state index contributed by atoms with van der Waals surface area (Å²) in [4.78, 5) is 12.0. The van der Waals surface area contributed by atoms with Crippen LogP contribution in [-0.4, -0.2) is 35.0 Å². The standard InChI is InChI=1S/C18H36O4/c1-4-5-6-7-8-9-10-11-12-16(13-17(20)14-19)18(21)22-15(2)3/h15-17,19-20H,4-14H2,1-3H3. The van der Waals surface area contributed by atoms with E-state index in [-0.39, 0.29) is 24.6 Å². The first kappa shape index (κ1) is 21.4. The van der Waals surface area contributed by atoms with Crippen LogP contribution in [0.2, 0.25) is 0 Å². The fraction of sp³-hybridized carbons (Fsp3) is 0.944. The second-order valence-electron chi connectivity index (χ2n) is 6.52. The number of hydrogen-bond donors (Lipinski definition) is 2. The zero-order chi connectivity index (χ0) is 16.8. The summed E-state index contributed by atoms with van der Waals surface area (Å²) in [6.45, 7) is 5.57. The quantitative estimate of drug-likeness (QED) is 0.377. The maximum Gasteiger partial charge on any atom is 0.309 e. The topological polar surface area (TPSA) is 66.8 Å². The molecule has 2 atom stereocenters. The van der Waals surface area contributed by atoms with Crippen molar-refractivity contribution < 1.29 is 19.7 Å². The van der Waals surface area contributed by atoms with Crippen LogP contribution >= 0.6 is 0 Å². The SMILES string of the molecule is CCCCCCCCCCC(CC(O)CO)C(=O)OC(C)C. The molecule has 0 fully saturated rings. The van der Waals surface area contributed by atoms with Crippen LogP contribution < -0.4 is 0 Å². The van der Waals surface area contributed by atoms with Gasteiger partial charge in [0, 0.05) is 0 Å². The Kier molecular flexibility index (Phi) is 13.6. The van der Waals surface area contributed by atoms with Crippen LogP contribution in [0.1, 0.15) is 85.0 Å². The van der Waals surface area contributed by atoms with E-state index in [2.05, 4.69) is 6.92 Å². The van der Waals surface area contributed by atoms with Gasteiger partial charge in [0.25, 0.3) is 0 Å². The molecule has 4 nitrogen and oxygen atoms in total. The molecule has 22 heavy (non-hydrogen) atoms. The minimum Gasteiger partial charge on any atom is -0.463 e. The van der Waals surface area contributed by atoms with Gasteiger partial charge in [-0.1, -0.05) is 58.3 Å². The van der Waals surface area contributed by atoms with Gasteiger partial charge >= 0.3 is 5.97 Å². The third-order valence-electron chi connectivity index (χ3n) is 3.86. The average molecular weight is 316 g/mol. The van der Waals surface area contributed by atoms with Gasteiger partial charge in [0.15, 0.2) is 0 Å². The number of rotatable bonds is 14. The molecule has 0 aliphatic carbocycles. The molecule has 0 aromatic carbocycles. The lowest BCUT2D eigenvalue weighted by molar-refractivity contribution is -0.154. The molecule has 0 radical (unpaired) electrons. The second-order valence-corrected chi connectivity index (χ2v) is 6.52. The third kappa shape index (κ3) is 12.0. The summed E-state index contributed by atoms with van der Waals surface area (Å²) in [7, 11) is 0. The zero-order valence-electron chi connectivity index (χ0n) is 14.7. The molecule has 0 aromatic heterocycles. The molecule has 0 aliphatic rings. The van der Waals surface area contributed by atoms with Gasteiger partial charge in [-0.3, -0.25) is 4.79 Å². The molecule has 0 aliphatic heterocycles. The molecular formula is C18H36O4. The summed E-state index contributed by atoms with van der Waals surface area (Å²) in [5.74, 6) is -0.546. The Hall–Kier alpha value is -0.610. The number of aliphatic hydroxyl groups is 2. The Morgan fingerprint density at radius 1 is 1.00 bits per heavy atom. The van der Waals surface area contributed by atoms with E-state index in [1.807, 2.05) is 13.8 Å². The number of carbonyl (C=O) groups excluding carboxylic acids is 1. The average Bonchev–Trinajstić information content (AvgIpc) is 2.47. The maximum absolute atomic E-state index is 12.0. The summed E-state index contributed by atoms with van der Waals surface area (Å²) >= 11 is 0. The maximum atomic E-state index is 12.0. The molecule has 0 saturated heterocycles. The Morgan fingerprint density at radius 2 is 1.55 bits per heavy atom. The Morgan fingerprint density at radius 3 is 2.05 bits per heavy atom. The van der Waals surface area contributed by atoms with Crippen molar-refractivity contribution in [2.45, 2.75) is 97.2 Å². The van der Waals surface area contributed by atoms with Crippen molar-refractivity contribution in [1.82, 2.24) is 0 Å². The summed E-state index contributed by atoms with van der Waals surface area (Å²) in [6.07, 6.45) is 9.83. The van der Waals surface area contributed by atoms with E-state index in [4.69, 9.17) is 9.84 Å². The lowest BCUT2D eigenvalue weighted by Crippen LogP contribution is -2.26. The minimum atomic E-state index is -0.834. The number of aliphatic hydroxyl groups excluding tert-OH is 2. The van der Waals surface area contributed by atoms with Gasteiger partial charge in [-0.15, -0.1) is 0 Å². The largest absolute Gasteiger partial charge is 0.463 e. The summed E-state index contributed by atoms with van der Waals surface area (Å²) in [5, 5.41) is 18.5. The number of unbranched alkanes of at least 4 members (excludes halogenated alkanes) is 7. The molecular weight excluding hydrogens is 280 g/mol.